The Morgan fingerprint density at radius 2 is 2.04 bits per heavy atom. The number of nitrogens with zero attached hydrogens (tertiary/aromatic N) is 3. The van der Waals surface area contributed by atoms with Crippen molar-refractivity contribution >= 4 is 17.3 Å². The number of nitrogens with two attached hydrogens (primary N) is 1. The van der Waals surface area contributed by atoms with Gasteiger partial charge in [-0.1, -0.05) is 48.0 Å². The Bertz CT molecular complexity index is 1160. The van der Waals surface area contributed by atoms with Crippen LogP contribution in [-0.2, 0) is 0 Å². The molecular weight excluding hydrogens is 382 g/mol. The number of halogens is 1. The maximum Gasteiger partial charge on any atom is 0.288 e. The van der Waals surface area contributed by atoms with Crippen molar-refractivity contribution in [3.05, 3.63) is 86.3 Å². The smallest absolute Gasteiger partial charge is 0.288 e. The minimum atomic E-state index is -0.696. The third kappa shape index (κ3) is 2.74. The van der Waals surface area contributed by atoms with Crippen LogP contribution >= 0.6 is 11.6 Å². The van der Waals surface area contributed by atoms with Gasteiger partial charge in [0.1, 0.15) is 16.7 Å². The molecular formula is C19H12ClN5O3. The third-order valence-electron chi connectivity index (χ3n) is 4.50. The molecule has 0 fully saturated rings. The molecule has 0 aliphatic carbocycles. The van der Waals surface area contributed by atoms with Crippen molar-refractivity contribution < 1.29 is 9.66 Å². The normalized spacial score (nSPS) is 15.5. The Kier molecular flexibility index (Phi) is 4.22. The highest BCUT2D eigenvalue weighted by Gasteiger charge is 2.36. The second-order valence-corrected chi connectivity index (χ2v) is 6.48. The van der Waals surface area contributed by atoms with Gasteiger partial charge in [-0.05, 0) is 17.2 Å². The van der Waals surface area contributed by atoms with Gasteiger partial charge in [0.05, 0.1) is 22.1 Å². The van der Waals surface area contributed by atoms with Crippen LogP contribution in [0.2, 0.25) is 5.02 Å². The average molecular weight is 394 g/mol. The summed E-state index contributed by atoms with van der Waals surface area (Å²) in [6.45, 7) is 0. The summed E-state index contributed by atoms with van der Waals surface area (Å²) in [5, 5.41) is 28.1. The first-order valence-corrected chi connectivity index (χ1v) is 8.54. The number of allylic oxidation sites excluding steroid dienone is 1. The van der Waals surface area contributed by atoms with Gasteiger partial charge in [-0.25, -0.2) is 0 Å². The minimum absolute atomic E-state index is 0.00645. The fourth-order valence-electron chi connectivity index (χ4n) is 3.25. The molecule has 0 unspecified atom stereocenters. The number of nitro benzene ring substituents is 1. The molecule has 1 aliphatic heterocycles. The van der Waals surface area contributed by atoms with Crippen molar-refractivity contribution in [3.63, 3.8) is 0 Å². The topological polar surface area (TPSA) is 131 Å². The highest BCUT2D eigenvalue weighted by Crippen LogP contribution is 2.46. The summed E-state index contributed by atoms with van der Waals surface area (Å²) < 4.78 is 5.52. The lowest BCUT2D eigenvalue weighted by molar-refractivity contribution is -0.384. The Hall–Kier alpha value is -3.83. The molecule has 28 heavy (non-hydrogen) atoms. The van der Waals surface area contributed by atoms with Crippen LogP contribution in [0.15, 0.2) is 60.0 Å². The van der Waals surface area contributed by atoms with E-state index in [1.807, 2.05) is 30.3 Å². The van der Waals surface area contributed by atoms with E-state index in [1.54, 1.807) is 6.07 Å². The van der Waals surface area contributed by atoms with E-state index in [-0.39, 0.29) is 28.0 Å². The van der Waals surface area contributed by atoms with E-state index >= 15 is 0 Å². The Morgan fingerprint density at radius 1 is 1.29 bits per heavy atom. The minimum Gasteiger partial charge on any atom is -0.420 e. The second kappa shape index (κ2) is 6.72. The molecule has 8 nitrogen and oxygen atoms in total. The SMILES string of the molecule is N#CC1=C(N)Oc2n[nH]c(-c3ccccc3)c2[C@@H]1c1ccc(Cl)c([N+](=O)[O-])c1. The third-order valence-corrected chi connectivity index (χ3v) is 4.82. The van der Waals surface area contributed by atoms with Crippen LogP contribution < -0.4 is 10.5 Å². The Labute approximate surface area is 164 Å². The van der Waals surface area contributed by atoms with Gasteiger partial charge in [-0.2, -0.15) is 5.26 Å². The number of nitro groups is 1. The highest BCUT2D eigenvalue weighted by atomic mass is 35.5. The van der Waals surface area contributed by atoms with Crippen LogP contribution in [0, 0.1) is 21.4 Å². The maximum atomic E-state index is 11.3. The van der Waals surface area contributed by atoms with Gasteiger partial charge in [0.2, 0.25) is 11.8 Å². The van der Waals surface area contributed by atoms with E-state index in [4.69, 9.17) is 22.1 Å². The van der Waals surface area contributed by atoms with E-state index < -0.39 is 10.8 Å². The number of hydrogen-bond acceptors (Lipinski definition) is 6. The first kappa shape index (κ1) is 17.6. The monoisotopic (exact) mass is 393 g/mol. The van der Waals surface area contributed by atoms with Gasteiger partial charge in [0.15, 0.2) is 0 Å². The molecule has 2 aromatic carbocycles. The zero-order valence-electron chi connectivity index (χ0n) is 14.2. The fraction of sp³-hybridized carbons (Fsp3) is 0.0526. The van der Waals surface area contributed by atoms with Crippen molar-refractivity contribution in [3.8, 4) is 23.2 Å². The first-order valence-electron chi connectivity index (χ1n) is 8.16. The van der Waals surface area contributed by atoms with Crippen molar-refractivity contribution in [2.75, 3.05) is 0 Å². The number of nitrogens with one attached hydrogen (secondary N) is 1. The van der Waals surface area contributed by atoms with E-state index in [0.717, 1.165) is 5.56 Å². The zero-order chi connectivity index (χ0) is 19.8. The van der Waals surface area contributed by atoms with Gasteiger partial charge in [-0.15, -0.1) is 5.10 Å². The van der Waals surface area contributed by atoms with Crippen LogP contribution in [0.5, 0.6) is 5.88 Å². The molecule has 0 saturated heterocycles. The summed E-state index contributed by atoms with van der Waals surface area (Å²) in [6, 6.07) is 15.8. The van der Waals surface area contributed by atoms with E-state index in [0.29, 0.717) is 16.8 Å². The number of fused-ring (bicyclic) bond motifs is 1. The van der Waals surface area contributed by atoms with Gasteiger partial charge >= 0.3 is 0 Å². The maximum absolute atomic E-state index is 11.3. The summed E-state index contributed by atoms with van der Waals surface area (Å²) in [4.78, 5) is 10.8. The van der Waals surface area contributed by atoms with Gasteiger partial charge in [0, 0.05) is 6.07 Å². The lowest BCUT2D eigenvalue weighted by Crippen LogP contribution is -2.21. The predicted octanol–water partition coefficient (Wildman–Crippen LogP) is 3.86. The molecule has 1 aromatic heterocycles. The summed E-state index contributed by atoms with van der Waals surface area (Å²) in [7, 11) is 0. The van der Waals surface area contributed by atoms with Crippen LogP contribution in [0.1, 0.15) is 17.0 Å². The van der Waals surface area contributed by atoms with Crippen molar-refractivity contribution in [2.45, 2.75) is 5.92 Å². The molecule has 2 heterocycles. The van der Waals surface area contributed by atoms with Crippen LogP contribution in [0.25, 0.3) is 11.3 Å². The summed E-state index contributed by atoms with van der Waals surface area (Å²) in [6.07, 6.45) is 0. The lowest BCUT2D eigenvalue weighted by Gasteiger charge is -2.24. The molecule has 3 N–H and O–H groups in total. The average Bonchev–Trinajstić information content (AvgIpc) is 3.11. The quantitative estimate of drug-likeness (QED) is 0.513. The van der Waals surface area contributed by atoms with Gasteiger partial charge in [-0.3, -0.25) is 15.2 Å². The molecule has 4 rings (SSSR count). The van der Waals surface area contributed by atoms with E-state index in [9.17, 15) is 15.4 Å². The molecule has 0 bridgehead atoms. The van der Waals surface area contributed by atoms with Gasteiger partial charge < -0.3 is 10.5 Å². The van der Waals surface area contributed by atoms with E-state index in [2.05, 4.69) is 16.3 Å². The summed E-state index contributed by atoms with van der Waals surface area (Å²) in [5.74, 6) is -0.569. The molecule has 0 radical (unpaired) electrons. The number of aromatic nitrogens is 2. The number of rotatable bonds is 3. The number of nitriles is 1. The largest absolute Gasteiger partial charge is 0.420 e. The molecule has 1 atom stereocenters. The number of hydrogen-bond donors (Lipinski definition) is 2. The van der Waals surface area contributed by atoms with E-state index in [1.165, 1.54) is 12.1 Å². The molecule has 3 aromatic rings. The number of ether oxygens (including phenoxy) is 1. The predicted molar refractivity (Wildman–Crippen MR) is 101 cm³/mol. The lowest BCUT2D eigenvalue weighted by atomic mass is 9.83. The molecule has 9 heteroatoms. The van der Waals surface area contributed by atoms with Crippen molar-refractivity contribution in [1.82, 2.24) is 10.2 Å². The Morgan fingerprint density at radius 3 is 2.71 bits per heavy atom. The standard InChI is InChI=1S/C19H12ClN5O3/c20-13-7-6-11(8-14(13)25(26)27)15-12(9-21)18(22)28-19-16(15)17(23-24-19)10-4-2-1-3-5-10/h1-8,15H,22H2,(H,23,24)/t15-/m1/s1. The van der Waals surface area contributed by atoms with Crippen molar-refractivity contribution in [1.29, 1.82) is 5.26 Å². The number of benzene rings is 2. The molecule has 1 aliphatic rings. The summed E-state index contributed by atoms with van der Waals surface area (Å²) >= 11 is 5.95. The Balaban J connectivity index is 1.97. The zero-order valence-corrected chi connectivity index (χ0v) is 15.0. The van der Waals surface area contributed by atoms with Crippen LogP contribution in [0.3, 0.4) is 0 Å². The van der Waals surface area contributed by atoms with Crippen LogP contribution in [0.4, 0.5) is 5.69 Å². The molecule has 0 amide bonds. The number of H-pyrrole nitrogens is 1. The number of aromatic amines is 1. The molecule has 0 spiro atoms. The molecule has 0 saturated carbocycles. The summed E-state index contributed by atoms with van der Waals surface area (Å²) in [5.41, 5.74) is 8.34. The molecule has 138 valence electrons. The van der Waals surface area contributed by atoms with Crippen molar-refractivity contribution in [2.24, 2.45) is 5.73 Å². The van der Waals surface area contributed by atoms with Gasteiger partial charge in [0.25, 0.3) is 5.69 Å². The fourth-order valence-corrected chi connectivity index (χ4v) is 3.44. The second-order valence-electron chi connectivity index (χ2n) is 6.08. The van der Waals surface area contributed by atoms with Crippen LogP contribution in [-0.4, -0.2) is 15.1 Å². The first-order chi connectivity index (χ1) is 13.5. The highest BCUT2D eigenvalue weighted by molar-refractivity contribution is 6.32.